The molecule has 88 valence electrons. The second-order valence-corrected chi connectivity index (χ2v) is 3.76. The van der Waals surface area contributed by atoms with Crippen molar-refractivity contribution in [3.05, 3.63) is 28.3 Å². The van der Waals surface area contributed by atoms with Gasteiger partial charge in [-0.2, -0.15) is 8.78 Å². The van der Waals surface area contributed by atoms with E-state index in [9.17, 15) is 13.6 Å². The molecule has 0 fully saturated rings. The fraction of sp³-hybridized carbons (Fsp3) is 0.222. The van der Waals surface area contributed by atoms with E-state index in [1.165, 1.54) is 6.07 Å². The maximum atomic E-state index is 12.1. The Morgan fingerprint density at radius 2 is 2.19 bits per heavy atom. The molecule has 0 amide bonds. The van der Waals surface area contributed by atoms with Crippen molar-refractivity contribution in [2.24, 2.45) is 0 Å². The maximum Gasteiger partial charge on any atom is 0.387 e. The minimum Gasteiger partial charge on any atom is -0.478 e. The molecule has 0 unspecified atom stereocenters. The van der Waals surface area contributed by atoms with E-state index in [2.05, 4.69) is 20.7 Å². The van der Waals surface area contributed by atoms with Crippen molar-refractivity contribution < 1.29 is 23.4 Å². The molecule has 0 heterocycles. The van der Waals surface area contributed by atoms with E-state index in [1.54, 1.807) is 0 Å². The van der Waals surface area contributed by atoms with Gasteiger partial charge in [-0.1, -0.05) is 27.5 Å². The van der Waals surface area contributed by atoms with Crippen LogP contribution in [0.4, 0.5) is 8.78 Å². The van der Waals surface area contributed by atoms with Crippen molar-refractivity contribution in [3.63, 3.8) is 0 Å². The first-order chi connectivity index (χ1) is 7.45. The summed E-state index contributed by atoms with van der Waals surface area (Å²) in [7, 11) is 0. The Bertz CT molecular complexity index is 412. The number of hydrogen-bond acceptors (Lipinski definition) is 2. The van der Waals surface area contributed by atoms with Crippen LogP contribution in [0.5, 0.6) is 5.75 Å². The van der Waals surface area contributed by atoms with Gasteiger partial charge < -0.3 is 9.84 Å². The number of benzene rings is 1. The van der Waals surface area contributed by atoms with Gasteiger partial charge in [0, 0.05) is 15.9 Å². The van der Waals surface area contributed by atoms with Crippen molar-refractivity contribution in [3.8, 4) is 5.75 Å². The molecule has 0 aliphatic heterocycles. The Balaban J connectivity index is 3.33. The summed E-state index contributed by atoms with van der Waals surface area (Å²) in [5, 5.41) is 9.13. The quantitative estimate of drug-likeness (QED) is 0.865. The Kier molecular flexibility index (Phi) is 4.49. The van der Waals surface area contributed by atoms with Crippen LogP contribution in [0.15, 0.2) is 12.1 Å². The molecule has 1 aromatic carbocycles. The first-order valence-corrected chi connectivity index (χ1v) is 5.52. The zero-order chi connectivity index (χ0) is 12.3. The molecule has 3 nitrogen and oxygen atoms in total. The number of carboxylic acid groups (broad SMARTS) is 1. The number of carbonyl (C=O) groups is 1. The van der Waals surface area contributed by atoms with Gasteiger partial charge in [0.15, 0.2) is 0 Å². The highest BCUT2D eigenvalue weighted by Gasteiger charge is 2.19. The number of aromatic carboxylic acids is 1. The van der Waals surface area contributed by atoms with E-state index in [1.807, 2.05) is 0 Å². The summed E-state index contributed by atoms with van der Waals surface area (Å²) in [6.45, 7) is -3.09. The summed E-state index contributed by atoms with van der Waals surface area (Å²) in [5.74, 6) is -1.75. The molecular weight excluding hydrogens is 309 g/mol. The molecular formula is C9H6BrClF2O3. The lowest BCUT2D eigenvalue weighted by atomic mass is 10.1. The molecule has 0 saturated carbocycles. The molecule has 0 aliphatic rings. The molecule has 1 aromatic rings. The van der Waals surface area contributed by atoms with E-state index < -0.39 is 12.6 Å². The number of alkyl halides is 3. The zero-order valence-electron chi connectivity index (χ0n) is 7.71. The zero-order valence-corrected chi connectivity index (χ0v) is 10.1. The molecule has 7 heteroatoms. The first-order valence-electron chi connectivity index (χ1n) is 4.02. The lowest BCUT2D eigenvalue weighted by Gasteiger charge is -2.12. The van der Waals surface area contributed by atoms with Crippen molar-refractivity contribution in [2.75, 3.05) is 0 Å². The predicted molar refractivity (Wildman–Crippen MR) is 57.7 cm³/mol. The smallest absolute Gasteiger partial charge is 0.387 e. The molecule has 0 atom stereocenters. The van der Waals surface area contributed by atoms with Crippen LogP contribution in [0.25, 0.3) is 0 Å². The number of carboxylic acids is 1. The van der Waals surface area contributed by atoms with Gasteiger partial charge in [-0.3, -0.25) is 0 Å². The molecule has 0 aliphatic carbocycles. The topological polar surface area (TPSA) is 46.5 Å². The van der Waals surface area contributed by atoms with E-state index in [-0.39, 0.29) is 27.2 Å². The highest BCUT2D eigenvalue weighted by atomic mass is 79.9. The average molecular weight is 315 g/mol. The van der Waals surface area contributed by atoms with Gasteiger partial charge in [0.1, 0.15) is 11.3 Å². The molecule has 0 radical (unpaired) electrons. The van der Waals surface area contributed by atoms with Crippen molar-refractivity contribution in [2.45, 2.75) is 11.9 Å². The molecule has 1 rings (SSSR count). The molecule has 0 bridgehead atoms. The Hall–Kier alpha value is -0.880. The lowest BCUT2D eigenvalue weighted by molar-refractivity contribution is -0.0508. The van der Waals surface area contributed by atoms with Crippen LogP contribution in [-0.2, 0) is 5.33 Å². The summed E-state index contributed by atoms with van der Waals surface area (Å²) >= 11 is 8.69. The summed E-state index contributed by atoms with van der Waals surface area (Å²) < 4.78 is 28.4. The van der Waals surface area contributed by atoms with Crippen LogP contribution >= 0.6 is 27.5 Å². The first kappa shape index (κ1) is 13.2. The van der Waals surface area contributed by atoms with Crippen molar-refractivity contribution in [1.82, 2.24) is 0 Å². The van der Waals surface area contributed by atoms with E-state index in [0.29, 0.717) is 0 Å². The van der Waals surface area contributed by atoms with E-state index in [0.717, 1.165) is 6.07 Å². The SMILES string of the molecule is O=C(O)c1cc(Cl)cc(CBr)c1OC(F)F. The molecule has 0 spiro atoms. The standard InChI is InChI=1S/C9H6BrClF2O3/c10-3-4-1-5(11)2-6(8(14)15)7(4)16-9(12)13/h1-2,9H,3H2,(H,14,15). The van der Waals surface area contributed by atoms with Gasteiger partial charge in [0.2, 0.25) is 0 Å². The Morgan fingerprint density at radius 1 is 1.56 bits per heavy atom. The van der Waals surface area contributed by atoms with E-state index in [4.69, 9.17) is 16.7 Å². The van der Waals surface area contributed by atoms with Crippen LogP contribution in [0.2, 0.25) is 5.02 Å². The number of rotatable bonds is 4. The average Bonchev–Trinajstić information content (AvgIpc) is 2.19. The third kappa shape index (κ3) is 3.05. The number of hydrogen-bond donors (Lipinski definition) is 1. The van der Waals surface area contributed by atoms with Crippen LogP contribution in [-0.4, -0.2) is 17.7 Å². The van der Waals surface area contributed by atoms with Crippen LogP contribution in [0.3, 0.4) is 0 Å². The highest BCUT2D eigenvalue weighted by molar-refractivity contribution is 9.08. The Morgan fingerprint density at radius 3 is 2.62 bits per heavy atom. The third-order valence-corrected chi connectivity index (χ3v) is 2.53. The van der Waals surface area contributed by atoms with Crippen molar-refractivity contribution >= 4 is 33.5 Å². The number of ether oxygens (including phenoxy) is 1. The van der Waals surface area contributed by atoms with Gasteiger partial charge in [-0.25, -0.2) is 4.79 Å². The van der Waals surface area contributed by atoms with Gasteiger partial charge in [-0.15, -0.1) is 0 Å². The maximum absolute atomic E-state index is 12.1. The van der Waals surface area contributed by atoms with Gasteiger partial charge in [0.25, 0.3) is 0 Å². The number of halogens is 4. The summed E-state index contributed by atoms with van der Waals surface area (Å²) in [6, 6.07) is 2.42. The summed E-state index contributed by atoms with van der Waals surface area (Å²) in [5.41, 5.74) is -0.132. The van der Waals surface area contributed by atoms with E-state index >= 15 is 0 Å². The molecule has 0 saturated heterocycles. The largest absolute Gasteiger partial charge is 0.478 e. The van der Waals surface area contributed by atoms with Gasteiger partial charge in [-0.05, 0) is 12.1 Å². The third-order valence-electron chi connectivity index (χ3n) is 1.71. The predicted octanol–water partition coefficient (Wildman–Crippen LogP) is 3.53. The van der Waals surface area contributed by atoms with Crippen LogP contribution < -0.4 is 4.74 Å². The molecule has 1 N–H and O–H groups in total. The fourth-order valence-corrected chi connectivity index (χ4v) is 1.79. The van der Waals surface area contributed by atoms with Crippen LogP contribution in [0, 0.1) is 0 Å². The van der Waals surface area contributed by atoms with Gasteiger partial charge >= 0.3 is 12.6 Å². The minimum absolute atomic E-state index is 0.147. The Labute approximate surface area is 103 Å². The highest BCUT2D eigenvalue weighted by Crippen LogP contribution is 2.31. The normalized spacial score (nSPS) is 10.6. The summed E-state index contributed by atoms with van der Waals surface area (Å²) in [4.78, 5) is 10.8. The van der Waals surface area contributed by atoms with Crippen LogP contribution in [0.1, 0.15) is 15.9 Å². The second-order valence-electron chi connectivity index (χ2n) is 2.76. The van der Waals surface area contributed by atoms with Crippen molar-refractivity contribution in [1.29, 1.82) is 0 Å². The summed E-state index contributed by atoms with van der Waals surface area (Å²) in [6.07, 6.45) is 0. The molecule has 16 heavy (non-hydrogen) atoms. The molecule has 0 aromatic heterocycles. The fourth-order valence-electron chi connectivity index (χ4n) is 1.14. The lowest BCUT2D eigenvalue weighted by Crippen LogP contribution is -2.09. The minimum atomic E-state index is -3.09. The van der Waals surface area contributed by atoms with Gasteiger partial charge in [0.05, 0.1) is 0 Å². The second kappa shape index (κ2) is 5.45. The monoisotopic (exact) mass is 314 g/mol.